The number of rotatable bonds is 14. The molecule has 0 bridgehead atoms. The molecule has 1 atom stereocenters. The molecule has 0 aliphatic heterocycles. The van der Waals surface area contributed by atoms with Gasteiger partial charge in [0.25, 0.3) is 0 Å². The first-order valence-electron chi connectivity index (χ1n) is 9.09. The zero-order valence-corrected chi connectivity index (χ0v) is 14.8. The van der Waals surface area contributed by atoms with Gasteiger partial charge >= 0.3 is 5.97 Å². The van der Waals surface area contributed by atoms with E-state index in [9.17, 15) is 4.79 Å². The van der Waals surface area contributed by atoms with E-state index in [2.05, 4.69) is 25.7 Å². The Morgan fingerprint density at radius 2 is 1.48 bits per heavy atom. The fourth-order valence-corrected chi connectivity index (χ4v) is 2.90. The molecule has 0 aromatic heterocycles. The third-order valence-corrected chi connectivity index (χ3v) is 4.18. The van der Waals surface area contributed by atoms with Crippen molar-refractivity contribution in [3.8, 4) is 0 Å². The fourth-order valence-electron chi connectivity index (χ4n) is 2.90. The summed E-state index contributed by atoms with van der Waals surface area (Å²) in [5, 5.41) is 0. The van der Waals surface area contributed by atoms with Crippen LogP contribution in [0.15, 0.2) is 0 Å². The van der Waals surface area contributed by atoms with Crippen molar-refractivity contribution >= 4 is 5.97 Å². The number of hydrogen-bond donors (Lipinski definition) is 0. The lowest BCUT2D eigenvalue weighted by atomic mass is 10.0. The van der Waals surface area contributed by atoms with Crippen molar-refractivity contribution in [2.75, 3.05) is 19.7 Å². The number of carbonyl (C=O) groups excluding carboxylic acids is 1. The normalized spacial score (nSPS) is 12.6. The first-order chi connectivity index (χ1) is 10.2. The van der Waals surface area contributed by atoms with Gasteiger partial charge in [0.1, 0.15) is 0 Å². The van der Waals surface area contributed by atoms with Crippen molar-refractivity contribution in [1.29, 1.82) is 0 Å². The molecule has 0 aromatic rings. The molecule has 3 heteroatoms. The predicted molar refractivity (Wildman–Crippen MR) is 90.6 cm³/mol. The molecular formula is C18H37NO2. The van der Waals surface area contributed by atoms with Crippen LogP contribution < -0.4 is 0 Å². The molecule has 0 amide bonds. The van der Waals surface area contributed by atoms with Crippen molar-refractivity contribution in [2.24, 2.45) is 0 Å². The molecule has 21 heavy (non-hydrogen) atoms. The monoisotopic (exact) mass is 299 g/mol. The molecule has 1 unspecified atom stereocenters. The van der Waals surface area contributed by atoms with Crippen LogP contribution in [0.2, 0.25) is 0 Å². The summed E-state index contributed by atoms with van der Waals surface area (Å²) in [4.78, 5) is 14.1. The van der Waals surface area contributed by atoms with Gasteiger partial charge in [-0.2, -0.15) is 0 Å². The van der Waals surface area contributed by atoms with E-state index in [4.69, 9.17) is 4.74 Å². The molecule has 0 saturated heterocycles. The van der Waals surface area contributed by atoms with Crippen LogP contribution in [0.3, 0.4) is 0 Å². The SMILES string of the molecule is CCCCCCCCCC(CC(=O)OCC)N(CC)CC. The number of carbonyl (C=O) groups is 1. The summed E-state index contributed by atoms with van der Waals surface area (Å²) in [6.45, 7) is 11.0. The van der Waals surface area contributed by atoms with E-state index in [1.54, 1.807) is 0 Å². The average Bonchev–Trinajstić information content (AvgIpc) is 2.47. The molecule has 0 heterocycles. The lowest BCUT2D eigenvalue weighted by Gasteiger charge is -2.29. The fraction of sp³-hybridized carbons (Fsp3) is 0.944. The van der Waals surface area contributed by atoms with Crippen molar-refractivity contribution < 1.29 is 9.53 Å². The lowest BCUT2D eigenvalue weighted by Crippen LogP contribution is -2.37. The average molecular weight is 299 g/mol. The van der Waals surface area contributed by atoms with Crippen LogP contribution in [-0.2, 0) is 9.53 Å². The highest BCUT2D eigenvalue weighted by molar-refractivity contribution is 5.70. The molecule has 0 N–H and O–H groups in total. The van der Waals surface area contributed by atoms with Crippen molar-refractivity contribution in [2.45, 2.75) is 91.5 Å². The second-order valence-electron chi connectivity index (χ2n) is 5.79. The van der Waals surface area contributed by atoms with Crippen LogP contribution in [-0.4, -0.2) is 36.6 Å². The molecule has 0 saturated carbocycles. The van der Waals surface area contributed by atoms with E-state index in [0.29, 0.717) is 19.1 Å². The summed E-state index contributed by atoms with van der Waals surface area (Å²) >= 11 is 0. The third-order valence-electron chi connectivity index (χ3n) is 4.18. The summed E-state index contributed by atoms with van der Waals surface area (Å²) in [6.07, 6.45) is 10.9. The summed E-state index contributed by atoms with van der Waals surface area (Å²) in [7, 11) is 0. The van der Waals surface area contributed by atoms with Crippen LogP contribution in [0.25, 0.3) is 0 Å². The van der Waals surface area contributed by atoms with Crippen LogP contribution in [0, 0.1) is 0 Å². The molecular weight excluding hydrogens is 262 g/mol. The first-order valence-corrected chi connectivity index (χ1v) is 9.09. The van der Waals surface area contributed by atoms with Gasteiger partial charge in [-0.05, 0) is 26.4 Å². The predicted octanol–water partition coefficient (Wildman–Crippen LogP) is 4.79. The molecule has 0 fully saturated rings. The Labute approximate surface area is 132 Å². The van der Waals surface area contributed by atoms with E-state index in [0.717, 1.165) is 19.5 Å². The Bertz CT molecular complexity index is 239. The zero-order chi connectivity index (χ0) is 15.9. The number of hydrogen-bond acceptors (Lipinski definition) is 3. The van der Waals surface area contributed by atoms with Gasteiger partial charge in [-0.15, -0.1) is 0 Å². The second kappa shape index (κ2) is 14.4. The molecule has 126 valence electrons. The van der Waals surface area contributed by atoms with Crippen LogP contribution in [0.5, 0.6) is 0 Å². The molecule has 0 spiro atoms. The van der Waals surface area contributed by atoms with Gasteiger partial charge in [0, 0.05) is 6.04 Å². The highest BCUT2D eigenvalue weighted by atomic mass is 16.5. The summed E-state index contributed by atoms with van der Waals surface area (Å²) in [6, 6.07) is 0.356. The van der Waals surface area contributed by atoms with Gasteiger partial charge in [-0.25, -0.2) is 0 Å². The molecule has 0 aliphatic carbocycles. The Morgan fingerprint density at radius 3 is 2.00 bits per heavy atom. The molecule has 0 radical (unpaired) electrons. The van der Waals surface area contributed by atoms with E-state index in [1.165, 1.54) is 44.9 Å². The Morgan fingerprint density at radius 1 is 0.905 bits per heavy atom. The summed E-state index contributed by atoms with van der Waals surface area (Å²) in [5.41, 5.74) is 0. The minimum absolute atomic E-state index is 0.0441. The minimum Gasteiger partial charge on any atom is -0.466 e. The Hall–Kier alpha value is -0.570. The van der Waals surface area contributed by atoms with E-state index in [1.807, 2.05) is 6.92 Å². The topological polar surface area (TPSA) is 29.5 Å². The molecule has 0 aliphatic rings. The van der Waals surface area contributed by atoms with Crippen molar-refractivity contribution in [1.82, 2.24) is 4.90 Å². The maximum Gasteiger partial charge on any atom is 0.307 e. The Kier molecular flexibility index (Phi) is 14.0. The molecule has 0 rings (SSSR count). The van der Waals surface area contributed by atoms with E-state index < -0.39 is 0 Å². The smallest absolute Gasteiger partial charge is 0.307 e. The lowest BCUT2D eigenvalue weighted by molar-refractivity contribution is -0.144. The minimum atomic E-state index is -0.0441. The van der Waals surface area contributed by atoms with Crippen LogP contribution in [0.4, 0.5) is 0 Å². The van der Waals surface area contributed by atoms with Crippen molar-refractivity contribution in [3.63, 3.8) is 0 Å². The van der Waals surface area contributed by atoms with Gasteiger partial charge in [0.2, 0.25) is 0 Å². The number of esters is 1. The molecule has 0 aromatic carbocycles. The zero-order valence-electron chi connectivity index (χ0n) is 14.8. The van der Waals surface area contributed by atoms with Crippen molar-refractivity contribution in [3.05, 3.63) is 0 Å². The highest BCUT2D eigenvalue weighted by Gasteiger charge is 2.19. The van der Waals surface area contributed by atoms with Gasteiger partial charge in [-0.3, -0.25) is 4.79 Å². The van der Waals surface area contributed by atoms with Crippen LogP contribution in [0.1, 0.15) is 85.5 Å². The van der Waals surface area contributed by atoms with Gasteiger partial charge in [-0.1, -0.05) is 65.7 Å². The quantitative estimate of drug-likeness (QED) is 0.341. The largest absolute Gasteiger partial charge is 0.466 e. The van der Waals surface area contributed by atoms with E-state index >= 15 is 0 Å². The number of unbranched alkanes of at least 4 members (excludes halogenated alkanes) is 6. The second-order valence-corrected chi connectivity index (χ2v) is 5.79. The summed E-state index contributed by atoms with van der Waals surface area (Å²) in [5.74, 6) is -0.0441. The van der Waals surface area contributed by atoms with Crippen LogP contribution >= 0.6 is 0 Å². The standard InChI is InChI=1S/C18H37NO2/c1-5-9-10-11-12-13-14-15-17(19(6-2)7-3)16-18(20)21-8-4/h17H,5-16H2,1-4H3. The van der Waals surface area contributed by atoms with Gasteiger partial charge in [0.15, 0.2) is 0 Å². The maximum atomic E-state index is 11.7. The summed E-state index contributed by atoms with van der Waals surface area (Å²) < 4.78 is 5.12. The maximum absolute atomic E-state index is 11.7. The highest BCUT2D eigenvalue weighted by Crippen LogP contribution is 2.16. The van der Waals surface area contributed by atoms with Gasteiger partial charge in [0.05, 0.1) is 13.0 Å². The number of ether oxygens (including phenoxy) is 1. The van der Waals surface area contributed by atoms with E-state index in [-0.39, 0.29) is 5.97 Å². The Balaban J connectivity index is 4.01. The number of nitrogens with zero attached hydrogens (tertiary/aromatic N) is 1. The molecule has 3 nitrogen and oxygen atoms in total. The van der Waals surface area contributed by atoms with Gasteiger partial charge < -0.3 is 9.64 Å². The first kappa shape index (κ1) is 20.4. The third kappa shape index (κ3) is 10.8.